The molecular weight excluding hydrogens is 168 g/mol. The van der Waals surface area contributed by atoms with Crippen molar-refractivity contribution in [2.45, 2.75) is 6.92 Å². The largest absolute Gasteiger partial charge is 0.505 e. The minimum atomic E-state index is -1.25. The van der Waals surface area contributed by atoms with Gasteiger partial charge in [-0.15, -0.1) is 0 Å². The number of methoxy groups -OCH3 is 1. The van der Waals surface area contributed by atoms with Crippen LogP contribution in [0.1, 0.15) is 6.92 Å². The van der Waals surface area contributed by atoms with Crippen molar-refractivity contribution in [2.24, 2.45) is 5.84 Å². The normalized spacial score (nSPS) is 7.25. The zero-order valence-electron chi connectivity index (χ0n) is 6.86. The Labute approximate surface area is 69.4 Å². The van der Waals surface area contributed by atoms with E-state index >= 15 is 0 Å². The zero-order chi connectivity index (χ0) is 9.98. The van der Waals surface area contributed by atoms with Crippen LogP contribution in [0.25, 0.3) is 0 Å². The summed E-state index contributed by atoms with van der Waals surface area (Å²) < 4.78 is 7.98. The first-order valence-electron chi connectivity index (χ1n) is 2.98. The van der Waals surface area contributed by atoms with Crippen LogP contribution in [-0.2, 0) is 9.47 Å². The number of ether oxygens (including phenoxy) is 2. The van der Waals surface area contributed by atoms with Gasteiger partial charge in [0.15, 0.2) is 0 Å². The van der Waals surface area contributed by atoms with Gasteiger partial charge >= 0.3 is 12.2 Å². The Hall–Kier alpha value is -1.50. The summed E-state index contributed by atoms with van der Waals surface area (Å²) in [4.78, 5) is 19.1. The summed E-state index contributed by atoms with van der Waals surface area (Å²) in [7, 11) is 1.10. The number of carbonyl (C=O) groups excluding carboxylic acids is 1. The molecule has 0 heterocycles. The lowest BCUT2D eigenvalue weighted by Gasteiger charge is -1.95. The van der Waals surface area contributed by atoms with Crippen LogP contribution in [0, 0.1) is 0 Å². The molecule has 12 heavy (non-hydrogen) atoms. The van der Waals surface area contributed by atoms with Gasteiger partial charge in [-0.25, -0.2) is 15.4 Å². The molecule has 0 saturated heterocycles. The summed E-state index contributed by atoms with van der Waals surface area (Å²) in [6, 6.07) is 0. The molecule has 0 spiro atoms. The second-order valence-electron chi connectivity index (χ2n) is 1.33. The van der Waals surface area contributed by atoms with Gasteiger partial charge in [-0.3, -0.25) is 5.43 Å². The standard InChI is InChI=1S/C3H8N2O2.C2H4O3/c1-2-7-3(6)5-4;1-5-2(3)4/h2,4H2,1H3,(H,5,6);1H3,(H,3,4). The van der Waals surface area contributed by atoms with E-state index in [0.29, 0.717) is 6.61 Å². The molecule has 0 rings (SSSR count). The van der Waals surface area contributed by atoms with Crippen molar-refractivity contribution in [3.63, 3.8) is 0 Å². The number of rotatable bonds is 1. The molecule has 0 aromatic rings. The maximum atomic E-state index is 9.95. The molecule has 1 amide bonds. The van der Waals surface area contributed by atoms with Crippen molar-refractivity contribution in [1.82, 2.24) is 5.43 Å². The van der Waals surface area contributed by atoms with Crippen molar-refractivity contribution in [2.75, 3.05) is 13.7 Å². The average Bonchev–Trinajstić information content (AvgIpc) is 2.06. The molecular formula is C5H12N2O5. The number of nitrogens with two attached hydrogens (primary N) is 1. The third-order valence-electron chi connectivity index (χ3n) is 0.568. The number of hydrogen-bond acceptors (Lipinski definition) is 5. The second-order valence-corrected chi connectivity index (χ2v) is 1.33. The van der Waals surface area contributed by atoms with E-state index in [-0.39, 0.29) is 0 Å². The predicted molar refractivity (Wildman–Crippen MR) is 39.4 cm³/mol. The molecule has 0 saturated carbocycles. The Bertz CT molecular complexity index is 138. The van der Waals surface area contributed by atoms with E-state index in [1.165, 1.54) is 0 Å². The van der Waals surface area contributed by atoms with Crippen LogP contribution in [0.15, 0.2) is 0 Å². The van der Waals surface area contributed by atoms with Crippen molar-refractivity contribution in [1.29, 1.82) is 0 Å². The third-order valence-corrected chi connectivity index (χ3v) is 0.568. The van der Waals surface area contributed by atoms with Gasteiger partial charge in [0.25, 0.3) is 0 Å². The highest BCUT2D eigenvalue weighted by Crippen LogP contribution is 1.69. The Morgan fingerprint density at radius 2 is 2.00 bits per heavy atom. The third kappa shape index (κ3) is 15.8. The van der Waals surface area contributed by atoms with Gasteiger partial charge in [0.2, 0.25) is 0 Å². The highest BCUT2D eigenvalue weighted by atomic mass is 16.6. The van der Waals surface area contributed by atoms with Crippen molar-refractivity contribution in [3.8, 4) is 0 Å². The number of carbonyl (C=O) groups is 2. The molecule has 0 aromatic heterocycles. The van der Waals surface area contributed by atoms with Gasteiger partial charge in [0.1, 0.15) is 0 Å². The minimum absolute atomic E-state index is 0.350. The lowest BCUT2D eigenvalue weighted by molar-refractivity contribution is 0.113. The number of hydrogen-bond donors (Lipinski definition) is 3. The fourth-order valence-corrected chi connectivity index (χ4v) is 0.173. The topological polar surface area (TPSA) is 111 Å². The van der Waals surface area contributed by atoms with Gasteiger partial charge in [0, 0.05) is 0 Å². The van der Waals surface area contributed by atoms with Crippen molar-refractivity contribution < 1.29 is 24.2 Å². The van der Waals surface area contributed by atoms with E-state index in [1.54, 1.807) is 12.3 Å². The molecule has 7 heteroatoms. The maximum absolute atomic E-state index is 9.95. The lowest BCUT2D eigenvalue weighted by Crippen LogP contribution is -2.30. The maximum Gasteiger partial charge on any atom is 0.505 e. The smallest absolute Gasteiger partial charge is 0.450 e. The Kier molecular flexibility index (Phi) is 10.4. The highest BCUT2D eigenvalue weighted by molar-refractivity contribution is 5.66. The van der Waals surface area contributed by atoms with Crippen LogP contribution < -0.4 is 11.3 Å². The first kappa shape index (κ1) is 13.1. The van der Waals surface area contributed by atoms with E-state index in [9.17, 15) is 4.79 Å². The number of hydrazine groups is 1. The predicted octanol–water partition coefficient (Wildman–Crippen LogP) is -0.0830. The second kappa shape index (κ2) is 9.50. The molecule has 0 radical (unpaired) electrons. The van der Waals surface area contributed by atoms with Crippen molar-refractivity contribution in [3.05, 3.63) is 0 Å². The average molecular weight is 180 g/mol. The van der Waals surface area contributed by atoms with Gasteiger partial charge in [0.05, 0.1) is 13.7 Å². The number of amides is 1. The Balaban J connectivity index is 0. The SMILES string of the molecule is CCOC(=O)NN.COC(=O)O. The van der Waals surface area contributed by atoms with E-state index < -0.39 is 12.2 Å². The van der Waals surface area contributed by atoms with Crippen LogP contribution in [-0.4, -0.2) is 31.1 Å². The number of carboxylic acid groups (broad SMARTS) is 1. The fraction of sp³-hybridized carbons (Fsp3) is 0.600. The molecule has 0 unspecified atom stereocenters. The van der Waals surface area contributed by atoms with Gasteiger partial charge < -0.3 is 14.6 Å². The highest BCUT2D eigenvalue weighted by Gasteiger charge is 1.90. The summed E-state index contributed by atoms with van der Waals surface area (Å²) >= 11 is 0. The Morgan fingerprint density at radius 1 is 1.58 bits per heavy atom. The molecule has 0 aromatic carbocycles. The first-order chi connectivity index (χ1) is 5.58. The molecule has 7 nitrogen and oxygen atoms in total. The summed E-state index contributed by atoms with van der Waals surface area (Å²) in [6.45, 7) is 2.05. The number of nitrogens with one attached hydrogen (secondary N) is 1. The molecule has 0 fully saturated rings. The summed E-state index contributed by atoms with van der Waals surface area (Å²) in [5.41, 5.74) is 1.80. The van der Waals surface area contributed by atoms with E-state index in [4.69, 9.17) is 9.90 Å². The van der Waals surface area contributed by atoms with Gasteiger partial charge in [-0.05, 0) is 6.92 Å². The fourth-order valence-electron chi connectivity index (χ4n) is 0.173. The molecule has 72 valence electrons. The molecule has 0 atom stereocenters. The summed E-state index contributed by atoms with van der Waals surface area (Å²) in [5.74, 6) is 4.63. The van der Waals surface area contributed by atoms with Crippen LogP contribution in [0.5, 0.6) is 0 Å². The van der Waals surface area contributed by atoms with Crippen LogP contribution in [0.3, 0.4) is 0 Å². The van der Waals surface area contributed by atoms with E-state index in [2.05, 4.69) is 15.3 Å². The quantitative estimate of drug-likeness (QED) is 0.225. The summed E-state index contributed by atoms with van der Waals surface area (Å²) in [5, 5.41) is 7.50. The zero-order valence-corrected chi connectivity index (χ0v) is 6.86. The van der Waals surface area contributed by atoms with Crippen LogP contribution >= 0.6 is 0 Å². The minimum Gasteiger partial charge on any atom is -0.450 e. The first-order valence-corrected chi connectivity index (χ1v) is 2.98. The lowest BCUT2D eigenvalue weighted by atomic mass is 10.9. The van der Waals surface area contributed by atoms with Gasteiger partial charge in [-0.1, -0.05) is 0 Å². The molecule has 0 aliphatic rings. The monoisotopic (exact) mass is 180 g/mol. The van der Waals surface area contributed by atoms with E-state index in [1.807, 2.05) is 0 Å². The molecule has 4 N–H and O–H groups in total. The molecule has 0 aliphatic heterocycles. The van der Waals surface area contributed by atoms with E-state index in [0.717, 1.165) is 7.11 Å². The van der Waals surface area contributed by atoms with Gasteiger partial charge in [-0.2, -0.15) is 0 Å². The molecule has 0 bridgehead atoms. The molecule has 0 aliphatic carbocycles. The Morgan fingerprint density at radius 3 is 2.08 bits per heavy atom. The van der Waals surface area contributed by atoms with Crippen LogP contribution in [0.2, 0.25) is 0 Å². The van der Waals surface area contributed by atoms with Crippen LogP contribution in [0.4, 0.5) is 9.59 Å². The summed E-state index contributed by atoms with van der Waals surface area (Å²) in [6.07, 6.45) is -1.84. The van der Waals surface area contributed by atoms with Crippen molar-refractivity contribution >= 4 is 12.2 Å².